The fourth-order valence-electron chi connectivity index (χ4n) is 3.03. The number of aryl methyl sites for hydroxylation is 2. The minimum atomic E-state index is -4.46. The largest absolute Gasteiger partial charge is 0.477 e. The number of ether oxygens (including phenoxy) is 1. The van der Waals surface area contributed by atoms with Crippen molar-refractivity contribution in [3.63, 3.8) is 0 Å². The summed E-state index contributed by atoms with van der Waals surface area (Å²) in [5.41, 5.74) is 0.910. The van der Waals surface area contributed by atoms with Crippen LogP contribution in [0, 0.1) is 26.7 Å². The summed E-state index contributed by atoms with van der Waals surface area (Å²) in [4.78, 5) is 18.1. The van der Waals surface area contributed by atoms with Crippen LogP contribution in [0.1, 0.15) is 35.6 Å². The Hall–Kier alpha value is -2.45. The number of anilines is 1. The standard InChI is InChI=1S/C18H22F3N5O/c1-11-12(2)23-13(3)24-16(11)27-10-14-5-8-26(9-6-14)17-22-7-4-15(25-17)18(19,20)21/h4,7,14H,5-6,8-10H2,1-3H3. The third kappa shape index (κ3) is 4.64. The van der Waals surface area contributed by atoms with Gasteiger partial charge < -0.3 is 9.64 Å². The van der Waals surface area contributed by atoms with Crippen molar-refractivity contribution in [2.45, 2.75) is 39.8 Å². The second-order valence-corrected chi connectivity index (χ2v) is 6.77. The van der Waals surface area contributed by atoms with Gasteiger partial charge in [0.05, 0.1) is 6.61 Å². The van der Waals surface area contributed by atoms with Gasteiger partial charge in [-0.15, -0.1) is 0 Å². The van der Waals surface area contributed by atoms with Crippen molar-refractivity contribution < 1.29 is 17.9 Å². The molecule has 0 atom stereocenters. The maximum atomic E-state index is 12.8. The average molecular weight is 381 g/mol. The Morgan fingerprint density at radius 2 is 1.81 bits per heavy atom. The van der Waals surface area contributed by atoms with Crippen molar-refractivity contribution in [1.29, 1.82) is 0 Å². The van der Waals surface area contributed by atoms with E-state index < -0.39 is 11.9 Å². The summed E-state index contributed by atoms with van der Waals surface area (Å²) in [6.45, 7) is 7.38. The predicted molar refractivity (Wildman–Crippen MR) is 93.7 cm³/mol. The summed E-state index contributed by atoms with van der Waals surface area (Å²) >= 11 is 0. The Bertz CT molecular complexity index is 804. The van der Waals surface area contributed by atoms with Crippen LogP contribution in [0.15, 0.2) is 12.3 Å². The van der Waals surface area contributed by atoms with Crippen molar-refractivity contribution in [3.8, 4) is 5.88 Å². The van der Waals surface area contributed by atoms with Crippen LogP contribution in [0.25, 0.3) is 0 Å². The molecule has 146 valence electrons. The normalized spacial score (nSPS) is 15.9. The molecule has 27 heavy (non-hydrogen) atoms. The fraction of sp³-hybridized carbons (Fsp3) is 0.556. The molecule has 0 aliphatic carbocycles. The quantitative estimate of drug-likeness (QED) is 0.808. The number of aromatic nitrogens is 4. The predicted octanol–water partition coefficient (Wildman–Crippen LogP) is 3.51. The third-order valence-corrected chi connectivity index (χ3v) is 4.74. The van der Waals surface area contributed by atoms with Crippen molar-refractivity contribution in [3.05, 3.63) is 35.0 Å². The minimum absolute atomic E-state index is 0.127. The second-order valence-electron chi connectivity index (χ2n) is 6.77. The molecule has 0 unspecified atom stereocenters. The van der Waals surface area contributed by atoms with E-state index in [1.165, 1.54) is 0 Å². The highest BCUT2D eigenvalue weighted by Crippen LogP contribution is 2.29. The first kappa shape index (κ1) is 19.3. The Morgan fingerprint density at radius 3 is 2.48 bits per heavy atom. The Labute approximate surface area is 155 Å². The lowest BCUT2D eigenvalue weighted by Crippen LogP contribution is -2.37. The zero-order chi connectivity index (χ0) is 19.6. The Balaban J connectivity index is 1.57. The highest BCUT2D eigenvalue weighted by molar-refractivity contribution is 5.32. The van der Waals surface area contributed by atoms with Crippen molar-refractivity contribution in [2.75, 3.05) is 24.6 Å². The van der Waals surface area contributed by atoms with Crippen LogP contribution in [0.5, 0.6) is 5.88 Å². The Morgan fingerprint density at radius 1 is 1.11 bits per heavy atom. The molecular formula is C18H22F3N5O. The summed E-state index contributed by atoms with van der Waals surface area (Å²) in [5, 5.41) is 0. The van der Waals surface area contributed by atoms with Crippen LogP contribution < -0.4 is 9.64 Å². The molecule has 0 N–H and O–H groups in total. The zero-order valence-electron chi connectivity index (χ0n) is 15.5. The van der Waals surface area contributed by atoms with Crippen LogP contribution in [0.2, 0.25) is 0 Å². The molecule has 1 aliphatic rings. The highest BCUT2D eigenvalue weighted by Gasteiger charge is 2.33. The van der Waals surface area contributed by atoms with Gasteiger partial charge in [-0.25, -0.2) is 15.0 Å². The van der Waals surface area contributed by atoms with Gasteiger partial charge in [0.1, 0.15) is 11.5 Å². The molecule has 1 aliphatic heterocycles. The van der Waals surface area contributed by atoms with E-state index in [2.05, 4.69) is 19.9 Å². The van der Waals surface area contributed by atoms with Gasteiger partial charge in [-0.3, -0.25) is 0 Å². The van der Waals surface area contributed by atoms with E-state index in [0.717, 1.165) is 36.4 Å². The minimum Gasteiger partial charge on any atom is -0.477 e. The molecule has 1 saturated heterocycles. The SMILES string of the molecule is Cc1nc(C)c(C)c(OCC2CCN(c3nccc(C(F)(F)F)n3)CC2)n1. The van der Waals surface area contributed by atoms with Gasteiger partial charge in [0.2, 0.25) is 11.8 Å². The van der Waals surface area contributed by atoms with Crippen molar-refractivity contribution >= 4 is 5.95 Å². The van der Waals surface area contributed by atoms with Crippen LogP contribution in [0.4, 0.5) is 19.1 Å². The lowest BCUT2D eigenvalue weighted by molar-refractivity contribution is -0.141. The summed E-state index contributed by atoms with van der Waals surface area (Å²) in [6, 6.07) is 0.887. The Kier molecular flexibility index (Phi) is 5.48. The van der Waals surface area contributed by atoms with Crippen LogP contribution in [-0.2, 0) is 6.18 Å². The smallest absolute Gasteiger partial charge is 0.433 e. The highest BCUT2D eigenvalue weighted by atomic mass is 19.4. The third-order valence-electron chi connectivity index (χ3n) is 4.74. The molecule has 0 bridgehead atoms. The molecule has 2 aromatic rings. The second kappa shape index (κ2) is 7.66. The molecule has 3 heterocycles. The molecule has 1 fully saturated rings. The van der Waals surface area contributed by atoms with Gasteiger partial charge in [0.25, 0.3) is 0 Å². The number of hydrogen-bond acceptors (Lipinski definition) is 6. The first-order valence-electron chi connectivity index (χ1n) is 8.84. The zero-order valence-corrected chi connectivity index (χ0v) is 15.5. The number of hydrogen-bond donors (Lipinski definition) is 0. The van der Waals surface area contributed by atoms with Crippen molar-refractivity contribution in [2.24, 2.45) is 5.92 Å². The van der Waals surface area contributed by atoms with Gasteiger partial charge in [-0.1, -0.05) is 0 Å². The molecule has 0 spiro atoms. The lowest BCUT2D eigenvalue weighted by atomic mass is 9.98. The number of halogens is 3. The first-order chi connectivity index (χ1) is 12.7. The lowest BCUT2D eigenvalue weighted by Gasteiger charge is -2.32. The number of nitrogens with zero attached hydrogens (tertiary/aromatic N) is 5. The van der Waals surface area contributed by atoms with Gasteiger partial charge >= 0.3 is 6.18 Å². The fourth-order valence-corrected chi connectivity index (χ4v) is 3.03. The molecular weight excluding hydrogens is 359 g/mol. The van der Waals surface area contributed by atoms with Gasteiger partial charge in [0, 0.05) is 30.5 Å². The first-order valence-corrected chi connectivity index (χ1v) is 8.84. The topological polar surface area (TPSA) is 64.0 Å². The molecule has 2 aromatic heterocycles. The maximum Gasteiger partial charge on any atom is 0.433 e. The summed E-state index contributed by atoms with van der Waals surface area (Å²) in [5.74, 6) is 1.71. The van der Waals surface area contributed by atoms with E-state index >= 15 is 0 Å². The van der Waals surface area contributed by atoms with E-state index in [1.54, 1.807) is 4.90 Å². The monoisotopic (exact) mass is 381 g/mol. The van der Waals surface area contributed by atoms with Crippen molar-refractivity contribution in [1.82, 2.24) is 19.9 Å². The molecule has 0 aromatic carbocycles. The average Bonchev–Trinajstić information content (AvgIpc) is 2.63. The molecule has 0 amide bonds. The van der Waals surface area contributed by atoms with E-state index in [9.17, 15) is 13.2 Å². The van der Waals surface area contributed by atoms with Crippen LogP contribution in [-0.4, -0.2) is 39.6 Å². The number of rotatable bonds is 4. The van der Waals surface area contributed by atoms with E-state index in [1.807, 2.05) is 20.8 Å². The van der Waals surface area contributed by atoms with Gasteiger partial charge in [0.15, 0.2) is 0 Å². The number of piperidine rings is 1. The molecule has 0 radical (unpaired) electrons. The van der Waals surface area contributed by atoms with E-state index in [0.29, 0.717) is 37.3 Å². The number of alkyl halides is 3. The molecule has 6 nitrogen and oxygen atoms in total. The van der Waals surface area contributed by atoms with Gasteiger partial charge in [-0.2, -0.15) is 18.2 Å². The van der Waals surface area contributed by atoms with E-state index in [-0.39, 0.29) is 5.95 Å². The van der Waals surface area contributed by atoms with Gasteiger partial charge in [-0.05, 0) is 45.6 Å². The van der Waals surface area contributed by atoms with Crippen LogP contribution in [0.3, 0.4) is 0 Å². The summed E-state index contributed by atoms with van der Waals surface area (Å²) in [6.07, 6.45) is -1.72. The van der Waals surface area contributed by atoms with E-state index in [4.69, 9.17) is 4.74 Å². The maximum absolute atomic E-state index is 12.8. The summed E-state index contributed by atoms with van der Waals surface area (Å²) < 4.78 is 44.3. The molecule has 3 rings (SSSR count). The summed E-state index contributed by atoms with van der Waals surface area (Å²) in [7, 11) is 0. The molecule has 0 saturated carbocycles. The van der Waals surface area contributed by atoms with Crippen LogP contribution >= 0.6 is 0 Å². The molecule has 9 heteroatoms.